The first-order chi connectivity index (χ1) is 20.0. The molecule has 0 spiro atoms. The van der Waals surface area contributed by atoms with E-state index in [2.05, 4.69) is 10.6 Å². The molecule has 12 heteroatoms. The van der Waals surface area contributed by atoms with Crippen LogP contribution in [0.4, 0.5) is 0 Å². The lowest BCUT2D eigenvalue weighted by atomic mass is 10.0. The van der Waals surface area contributed by atoms with Crippen LogP contribution in [0.5, 0.6) is 11.5 Å². The monoisotopic (exact) mass is 602 g/mol. The lowest BCUT2D eigenvalue weighted by molar-refractivity contribution is -0.129. The summed E-state index contributed by atoms with van der Waals surface area (Å²) in [6, 6.07) is 12.1. The van der Waals surface area contributed by atoms with Gasteiger partial charge in [0.1, 0.15) is 6.04 Å². The maximum Gasteiger partial charge on any atom is 0.243 e. The number of carbonyl (C=O) groups is 2. The van der Waals surface area contributed by atoms with E-state index in [4.69, 9.17) is 9.47 Å². The van der Waals surface area contributed by atoms with Crippen molar-refractivity contribution in [3.8, 4) is 11.5 Å². The van der Waals surface area contributed by atoms with Crippen LogP contribution >= 0.6 is 0 Å². The summed E-state index contributed by atoms with van der Waals surface area (Å²) in [6.07, 6.45) is 1.13. The summed E-state index contributed by atoms with van der Waals surface area (Å²) >= 11 is 0. The largest absolute Gasteiger partial charge is 0.454 e. The zero-order valence-corrected chi connectivity index (χ0v) is 25.3. The Morgan fingerprint density at radius 3 is 2.36 bits per heavy atom. The molecular formula is C30H42N4O7S. The molecule has 42 heavy (non-hydrogen) atoms. The minimum atomic E-state index is -4.03. The number of hydrogen-bond acceptors (Lipinski definition) is 8. The fraction of sp³-hybridized carbons (Fsp3) is 0.533. The molecule has 2 aliphatic heterocycles. The van der Waals surface area contributed by atoms with E-state index in [0.29, 0.717) is 11.5 Å². The Kier molecular flexibility index (Phi) is 10.8. The normalized spacial score (nSPS) is 17.3. The SMILES string of the molecule is CC(C)CN(C[C@@H](O)[C@H](Cc1ccccc1)NC(=O)[C@H](C)NC(=O)CN1CCCC1)S(=O)(=O)c1ccc2c(c1)OCO2. The number of sulfonamides is 1. The van der Waals surface area contributed by atoms with E-state index in [1.807, 2.05) is 49.1 Å². The topological polar surface area (TPSA) is 138 Å². The van der Waals surface area contributed by atoms with Gasteiger partial charge in [0.2, 0.25) is 28.6 Å². The molecule has 0 saturated carbocycles. The predicted octanol–water partition coefficient (Wildman–Crippen LogP) is 1.75. The highest BCUT2D eigenvalue weighted by atomic mass is 32.2. The summed E-state index contributed by atoms with van der Waals surface area (Å²) in [4.78, 5) is 27.8. The Morgan fingerprint density at radius 2 is 1.67 bits per heavy atom. The zero-order chi connectivity index (χ0) is 30.3. The molecule has 0 bridgehead atoms. The van der Waals surface area contributed by atoms with E-state index in [0.717, 1.165) is 31.5 Å². The standard InChI is InChI=1S/C30H42N4O7S/c1-21(2)17-34(42(38,39)24-11-12-27-28(16-24)41-20-40-27)18-26(35)25(15-23-9-5-4-6-10-23)32-30(37)22(3)31-29(36)19-33-13-7-8-14-33/h4-6,9-12,16,21-22,25-26,35H,7-8,13-15,17-20H2,1-3H3,(H,31,36)(H,32,37)/t22-,25-,26+/m0/s1. The Labute approximate surface area is 248 Å². The summed E-state index contributed by atoms with van der Waals surface area (Å²) in [5.41, 5.74) is 0.863. The molecule has 0 radical (unpaired) electrons. The third-order valence-electron chi connectivity index (χ3n) is 7.37. The highest BCUT2D eigenvalue weighted by molar-refractivity contribution is 7.89. The highest BCUT2D eigenvalue weighted by Crippen LogP contribution is 2.35. The van der Waals surface area contributed by atoms with Crippen LogP contribution in [0.3, 0.4) is 0 Å². The van der Waals surface area contributed by atoms with Crippen LogP contribution < -0.4 is 20.1 Å². The minimum absolute atomic E-state index is 0.0191. The quantitative estimate of drug-likeness (QED) is 0.298. The van der Waals surface area contributed by atoms with E-state index in [-0.39, 0.29) is 49.6 Å². The summed E-state index contributed by atoms with van der Waals surface area (Å²) in [5.74, 6) is 0.0817. The van der Waals surface area contributed by atoms with Crippen molar-refractivity contribution >= 4 is 21.8 Å². The number of fused-ring (bicyclic) bond motifs is 1. The minimum Gasteiger partial charge on any atom is -0.454 e. The number of amides is 2. The van der Waals surface area contributed by atoms with E-state index < -0.39 is 34.1 Å². The summed E-state index contributed by atoms with van der Waals surface area (Å²) < 4.78 is 39.5. The van der Waals surface area contributed by atoms with Crippen LogP contribution in [-0.2, 0) is 26.0 Å². The van der Waals surface area contributed by atoms with E-state index >= 15 is 0 Å². The van der Waals surface area contributed by atoms with Gasteiger partial charge in [0.05, 0.1) is 23.6 Å². The molecule has 2 heterocycles. The number of aliphatic hydroxyl groups is 1. The van der Waals surface area contributed by atoms with Gasteiger partial charge in [-0.15, -0.1) is 0 Å². The fourth-order valence-corrected chi connectivity index (χ4v) is 6.79. The molecule has 0 aromatic heterocycles. The lowest BCUT2D eigenvalue weighted by Crippen LogP contribution is -2.55. The van der Waals surface area contributed by atoms with Crippen LogP contribution in [0.25, 0.3) is 0 Å². The molecule has 0 unspecified atom stereocenters. The number of likely N-dealkylation sites (tertiary alicyclic amines) is 1. The van der Waals surface area contributed by atoms with E-state index in [9.17, 15) is 23.1 Å². The van der Waals surface area contributed by atoms with Crippen molar-refractivity contribution in [2.45, 2.75) is 63.1 Å². The molecule has 2 amide bonds. The number of carbonyl (C=O) groups excluding carboxylic acids is 2. The number of aliphatic hydroxyl groups excluding tert-OH is 1. The van der Waals surface area contributed by atoms with Gasteiger partial charge in [-0.2, -0.15) is 4.31 Å². The second-order valence-electron chi connectivity index (χ2n) is 11.4. The molecule has 3 atom stereocenters. The number of ether oxygens (including phenoxy) is 2. The van der Waals surface area contributed by atoms with Crippen molar-refractivity contribution in [2.75, 3.05) is 39.5 Å². The van der Waals surface area contributed by atoms with Crippen molar-refractivity contribution in [1.82, 2.24) is 19.8 Å². The number of nitrogens with one attached hydrogen (secondary N) is 2. The second-order valence-corrected chi connectivity index (χ2v) is 13.3. The van der Waals surface area contributed by atoms with Crippen LogP contribution in [0.2, 0.25) is 0 Å². The highest BCUT2D eigenvalue weighted by Gasteiger charge is 2.33. The Morgan fingerprint density at radius 1 is 0.976 bits per heavy atom. The Balaban J connectivity index is 1.49. The van der Waals surface area contributed by atoms with Crippen LogP contribution in [0.15, 0.2) is 53.4 Å². The predicted molar refractivity (Wildman–Crippen MR) is 158 cm³/mol. The summed E-state index contributed by atoms with van der Waals surface area (Å²) in [6.45, 7) is 7.27. The van der Waals surface area contributed by atoms with Gasteiger partial charge >= 0.3 is 0 Å². The van der Waals surface area contributed by atoms with Crippen molar-refractivity contribution in [3.05, 3.63) is 54.1 Å². The molecule has 0 aliphatic carbocycles. The van der Waals surface area contributed by atoms with Gasteiger partial charge in [0.15, 0.2) is 11.5 Å². The fourth-order valence-electron chi connectivity index (χ4n) is 5.16. The molecule has 2 aromatic carbocycles. The molecule has 3 N–H and O–H groups in total. The van der Waals surface area contributed by atoms with Gasteiger partial charge in [-0.3, -0.25) is 14.5 Å². The smallest absolute Gasteiger partial charge is 0.243 e. The maximum atomic E-state index is 13.8. The molecule has 230 valence electrons. The van der Waals surface area contributed by atoms with Gasteiger partial charge in [-0.25, -0.2) is 8.42 Å². The van der Waals surface area contributed by atoms with Crippen molar-refractivity contribution < 1.29 is 32.6 Å². The molecular weight excluding hydrogens is 560 g/mol. The lowest BCUT2D eigenvalue weighted by Gasteiger charge is -2.31. The van der Waals surface area contributed by atoms with Crippen LogP contribution in [0.1, 0.15) is 39.2 Å². The number of hydrogen-bond donors (Lipinski definition) is 3. The second kappa shape index (κ2) is 14.3. The van der Waals surface area contributed by atoms with Gasteiger partial charge in [0, 0.05) is 19.2 Å². The summed E-state index contributed by atoms with van der Waals surface area (Å²) in [7, 11) is -4.03. The third kappa shape index (κ3) is 8.43. The molecule has 1 saturated heterocycles. The first-order valence-electron chi connectivity index (χ1n) is 14.5. The molecule has 4 rings (SSSR count). The Bertz CT molecular complexity index is 1320. The van der Waals surface area contributed by atoms with Crippen molar-refractivity contribution in [2.24, 2.45) is 5.92 Å². The van der Waals surface area contributed by atoms with Gasteiger partial charge < -0.3 is 25.2 Å². The first kappa shape index (κ1) is 31.7. The molecule has 1 fully saturated rings. The number of rotatable bonds is 14. The molecule has 2 aliphatic rings. The van der Waals surface area contributed by atoms with Gasteiger partial charge in [0.25, 0.3) is 0 Å². The molecule has 2 aromatic rings. The maximum absolute atomic E-state index is 13.8. The zero-order valence-electron chi connectivity index (χ0n) is 24.5. The average Bonchev–Trinajstić information content (AvgIpc) is 3.64. The van der Waals surface area contributed by atoms with E-state index in [1.165, 1.54) is 16.4 Å². The van der Waals surface area contributed by atoms with Crippen LogP contribution in [0, 0.1) is 5.92 Å². The molecule has 11 nitrogen and oxygen atoms in total. The average molecular weight is 603 g/mol. The van der Waals surface area contributed by atoms with Gasteiger partial charge in [-0.1, -0.05) is 44.2 Å². The summed E-state index contributed by atoms with van der Waals surface area (Å²) in [5, 5.41) is 17.1. The van der Waals surface area contributed by atoms with Crippen molar-refractivity contribution in [3.63, 3.8) is 0 Å². The number of benzene rings is 2. The van der Waals surface area contributed by atoms with E-state index in [1.54, 1.807) is 13.0 Å². The first-order valence-corrected chi connectivity index (χ1v) is 15.9. The van der Waals surface area contributed by atoms with Gasteiger partial charge in [-0.05, 0) is 62.9 Å². The third-order valence-corrected chi connectivity index (χ3v) is 9.20. The number of nitrogens with zero attached hydrogens (tertiary/aromatic N) is 2. The van der Waals surface area contributed by atoms with Crippen LogP contribution in [-0.4, -0.2) is 92.2 Å². The van der Waals surface area contributed by atoms with Crippen molar-refractivity contribution in [1.29, 1.82) is 0 Å². The Hall–Kier alpha value is -3.19.